The molecule has 0 saturated heterocycles. The van der Waals surface area contributed by atoms with Gasteiger partial charge in [-0.1, -0.05) is 6.07 Å². The molecule has 1 unspecified atom stereocenters. The molecule has 0 spiro atoms. The average molecular weight is 268 g/mol. The van der Waals surface area contributed by atoms with Gasteiger partial charge in [-0.05, 0) is 12.1 Å². The van der Waals surface area contributed by atoms with E-state index in [1.54, 1.807) is 24.3 Å². The minimum atomic E-state index is -1.39. The molecule has 0 bridgehead atoms. The van der Waals surface area contributed by atoms with Gasteiger partial charge in [-0.2, -0.15) is 0 Å². The second-order valence-corrected chi connectivity index (χ2v) is 3.70. The van der Waals surface area contributed by atoms with Crippen molar-refractivity contribution in [1.82, 2.24) is 5.32 Å². The molecule has 4 N–H and O–H groups in total. The third-order valence-electron chi connectivity index (χ3n) is 2.19. The van der Waals surface area contributed by atoms with Gasteiger partial charge in [-0.3, -0.25) is 4.79 Å². The minimum Gasteiger partial charge on any atom is -0.484 e. The Morgan fingerprint density at radius 3 is 2.84 bits per heavy atom. The van der Waals surface area contributed by atoms with Gasteiger partial charge < -0.3 is 25.6 Å². The van der Waals surface area contributed by atoms with Crippen LogP contribution in [0.15, 0.2) is 24.3 Å². The van der Waals surface area contributed by atoms with Crippen LogP contribution in [-0.2, 0) is 14.3 Å². The molecule has 0 aliphatic carbocycles. The fraction of sp³-hybridized carbons (Fsp3) is 0.333. The standard InChI is InChI=1S/C12H16N2O5/c1-18-12(17)10(15)6-14-11(16)7-19-9-4-2-3-8(13)5-9/h2-5,10,15H,6-7,13H2,1H3,(H,14,16). The van der Waals surface area contributed by atoms with E-state index in [1.807, 2.05) is 0 Å². The van der Waals surface area contributed by atoms with Gasteiger partial charge in [-0.15, -0.1) is 0 Å². The molecule has 1 aromatic rings. The first kappa shape index (κ1) is 14.8. The van der Waals surface area contributed by atoms with Gasteiger partial charge >= 0.3 is 5.97 Å². The lowest BCUT2D eigenvalue weighted by Crippen LogP contribution is -2.39. The Morgan fingerprint density at radius 1 is 1.47 bits per heavy atom. The maximum absolute atomic E-state index is 11.4. The number of ether oxygens (including phenoxy) is 2. The molecule has 19 heavy (non-hydrogen) atoms. The third kappa shape index (κ3) is 5.26. The Morgan fingerprint density at radius 2 is 2.21 bits per heavy atom. The van der Waals surface area contributed by atoms with E-state index in [2.05, 4.69) is 10.1 Å². The van der Waals surface area contributed by atoms with Crippen molar-refractivity contribution in [1.29, 1.82) is 0 Å². The molecule has 0 aliphatic heterocycles. The molecule has 0 saturated carbocycles. The van der Waals surface area contributed by atoms with E-state index >= 15 is 0 Å². The lowest BCUT2D eigenvalue weighted by molar-refractivity contribution is -0.150. The van der Waals surface area contributed by atoms with Crippen LogP contribution in [-0.4, -0.2) is 43.3 Å². The van der Waals surface area contributed by atoms with Gasteiger partial charge in [0.25, 0.3) is 5.91 Å². The zero-order valence-corrected chi connectivity index (χ0v) is 10.5. The summed E-state index contributed by atoms with van der Waals surface area (Å²) in [5.74, 6) is -0.814. The highest BCUT2D eigenvalue weighted by atomic mass is 16.5. The molecule has 7 heteroatoms. The smallest absolute Gasteiger partial charge is 0.336 e. The average Bonchev–Trinajstić information content (AvgIpc) is 2.41. The van der Waals surface area contributed by atoms with Gasteiger partial charge in [0.1, 0.15) is 5.75 Å². The number of hydrogen-bond acceptors (Lipinski definition) is 6. The van der Waals surface area contributed by atoms with Gasteiger partial charge in [0.15, 0.2) is 12.7 Å². The van der Waals surface area contributed by atoms with Crippen LogP contribution in [0, 0.1) is 0 Å². The van der Waals surface area contributed by atoms with Crippen molar-refractivity contribution in [3.8, 4) is 5.75 Å². The molecule has 0 fully saturated rings. The molecule has 7 nitrogen and oxygen atoms in total. The fourth-order valence-corrected chi connectivity index (χ4v) is 1.23. The first-order valence-corrected chi connectivity index (χ1v) is 5.54. The summed E-state index contributed by atoms with van der Waals surface area (Å²) >= 11 is 0. The number of aliphatic hydroxyl groups excluding tert-OH is 1. The number of carbonyl (C=O) groups excluding carboxylic acids is 2. The van der Waals surface area contributed by atoms with Crippen LogP contribution in [0.1, 0.15) is 0 Å². The molecular weight excluding hydrogens is 252 g/mol. The zero-order chi connectivity index (χ0) is 14.3. The van der Waals surface area contributed by atoms with Crippen molar-refractivity contribution in [3.05, 3.63) is 24.3 Å². The predicted molar refractivity (Wildman–Crippen MR) is 67.4 cm³/mol. The number of rotatable bonds is 6. The van der Waals surface area contributed by atoms with Gasteiger partial charge in [0.2, 0.25) is 0 Å². The van der Waals surface area contributed by atoms with E-state index in [0.717, 1.165) is 7.11 Å². The molecular formula is C12H16N2O5. The molecule has 1 aromatic carbocycles. The quantitative estimate of drug-likeness (QED) is 0.464. The highest BCUT2D eigenvalue weighted by Gasteiger charge is 2.16. The summed E-state index contributed by atoms with van der Waals surface area (Å²) in [6.07, 6.45) is -1.39. The summed E-state index contributed by atoms with van der Waals surface area (Å²) in [6.45, 7) is -0.469. The number of methoxy groups -OCH3 is 1. The molecule has 1 rings (SSSR count). The summed E-state index contributed by atoms with van der Waals surface area (Å²) in [5, 5.41) is 11.6. The molecule has 0 heterocycles. The van der Waals surface area contributed by atoms with E-state index in [0.29, 0.717) is 11.4 Å². The van der Waals surface area contributed by atoms with Crippen LogP contribution in [0.2, 0.25) is 0 Å². The lowest BCUT2D eigenvalue weighted by atomic mass is 10.3. The van der Waals surface area contributed by atoms with Crippen LogP contribution < -0.4 is 15.8 Å². The number of esters is 1. The molecule has 0 aliphatic rings. The largest absolute Gasteiger partial charge is 0.484 e. The normalized spacial score (nSPS) is 11.5. The van der Waals surface area contributed by atoms with Crippen molar-refractivity contribution in [2.75, 3.05) is 26.0 Å². The van der Waals surface area contributed by atoms with Gasteiger partial charge in [0.05, 0.1) is 13.7 Å². The minimum absolute atomic E-state index is 0.230. The summed E-state index contributed by atoms with van der Waals surface area (Å²) in [7, 11) is 1.15. The second kappa shape index (κ2) is 7.22. The van der Waals surface area contributed by atoms with Crippen molar-refractivity contribution >= 4 is 17.6 Å². The monoisotopic (exact) mass is 268 g/mol. The van der Waals surface area contributed by atoms with Gasteiger partial charge in [-0.25, -0.2) is 4.79 Å². The van der Waals surface area contributed by atoms with Crippen LogP contribution in [0.4, 0.5) is 5.69 Å². The Bertz CT molecular complexity index is 450. The van der Waals surface area contributed by atoms with E-state index in [9.17, 15) is 14.7 Å². The van der Waals surface area contributed by atoms with E-state index in [1.165, 1.54) is 0 Å². The second-order valence-electron chi connectivity index (χ2n) is 3.70. The number of benzene rings is 1. The highest BCUT2D eigenvalue weighted by molar-refractivity contribution is 5.79. The summed E-state index contributed by atoms with van der Waals surface area (Å²) in [5.41, 5.74) is 6.07. The Hall–Kier alpha value is -2.28. The number of amides is 1. The van der Waals surface area contributed by atoms with E-state index < -0.39 is 18.0 Å². The maximum Gasteiger partial charge on any atom is 0.336 e. The number of aliphatic hydroxyl groups is 1. The van der Waals surface area contributed by atoms with Gasteiger partial charge in [0, 0.05) is 11.8 Å². The molecule has 0 radical (unpaired) electrons. The summed E-state index contributed by atoms with van der Waals surface area (Å²) in [6, 6.07) is 6.63. The fourth-order valence-electron chi connectivity index (χ4n) is 1.23. The number of nitrogens with one attached hydrogen (secondary N) is 1. The molecule has 1 atom stereocenters. The summed E-state index contributed by atoms with van der Waals surface area (Å²) in [4.78, 5) is 22.3. The summed E-state index contributed by atoms with van der Waals surface area (Å²) < 4.78 is 9.48. The zero-order valence-electron chi connectivity index (χ0n) is 10.5. The number of nitrogen functional groups attached to an aromatic ring is 1. The molecule has 104 valence electrons. The van der Waals surface area contributed by atoms with Crippen molar-refractivity contribution in [2.24, 2.45) is 0 Å². The number of anilines is 1. The number of nitrogens with two attached hydrogens (primary N) is 1. The van der Waals surface area contributed by atoms with Crippen LogP contribution >= 0.6 is 0 Å². The molecule has 1 amide bonds. The van der Waals surface area contributed by atoms with Crippen LogP contribution in [0.25, 0.3) is 0 Å². The highest BCUT2D eigenvalue weighted by Crippen LogP contribution is 2.13. The molecule has 0 aromatic heterocycles. The SMILES string of the molecule is COC(=O)C(O)CNC(=O)COc1cccc(N)c1. The third-order valence-corrected chi connectivity index (χ3v) is 2.19. The van der Waals surface area contributed by atoms with E-state index in [-0.39, 0.29) is 13.2 Å². The maximum atomic E-state index is 11.4. The number of hydrogen-bond donors (Lipinski definition) is 3. The van der Waals surface area contributed by atoms with Crippen molar-refractivity contribution in [3.63, 3.8) is 0 Å². The Labute approximate surface area is 110 Å². The van der Waals surface area contributed by atoms with Crippen LogP contribution in [0.5, 0.6) is 5.75 Å². The van der Waals surface area contributed by atoms with E-state index in [4.69, 9.17) is 10.5 Å². The van der Waals surface area contributed by atoms with Crippen molar-refractivity contribution < 1.29 is 24.2 Å². The topological polar surface area (TPSA) is 111 Å². The van der Waals surface area contributed by atoms with Crippen LogP contribution in [0.3, 0.4) is 0 Å². The Balaban J connectivity index is 2.30. The predicted octanol–water partition coefficient (Wildman–Crippen LogP) is -0.702. The number of carbonyl (C=O) groups is 2. The lowest BCUT2D eigenvalue weighted by Gasteiger charge is -2.10. The Kier molecular flexibility index (Phi) is 5.62. The van der Waals surface area contributed by atoms with Crippen molar-refractivity contribution in [2.45, 2.75) is 6.10 Å². The first-order valence-electron chi connectivity index (χ1n) is 5.54. The first-order chi connectivity index (χ1) is 9.02.